The molecule has 3 N–H and O–H groups in total. The molecule has 148 valence electrons. The first-order valence-corrected chi connectivity index (χ1v) is 9.82. The third-order valence-electron chi connectivity index (χ3n) is 3.72. The van der Waals surface area contributed by atoms with Crippen molar-refractivity contribution < 1.29 is 9.47 Å². The van der Waals surface area contributed by atoms with E-state index < -0.39 is 0 Å². The summed E-state index contributed by atoms with van der Waals surface area (Å²) in [6.45, 7) is 3.09. The maximum atomic E-state index is 6.21. The highest BCUT2D eigenvalue weighted by molar-refractivity contribution is 9.10. The fourth-order valence-corrected chi connectivity index (χ4v) is 3.28. The van der Waals surface area contributed by atoms with Crippen LogP contribution in [0.5, 0.6) is 11.5 Å². The number of hydrogen-bond acceptors (Lipinski definition) is 7. The molecule has 1 aromatic heterocycles. The quantitative estimate of drug-likeness (QED) is 0.494. The van der Waals surface area contributed by atoms with Crippen LogP contribution in [0.3, 0.4) is 0 Å². The molecule has 3 aromatic rings. The lowest BCUT2D eigenvalue weighted by atomic mass is 10.2. The lowest BCUT2D eigenvalue weighted by molar-refractivity contribution is 0.269. The van der Waals surface area contributed by atoms with Crippen molar-refractivity contribution in [1.82, 2.24) is 20.3 Å². The Morgan fingerprint density at radius 1 is 1.14 bits per heavy atom. The summed E-state index contributed by atoms with van der Waals surface area (Å²) in [6.07, 6.45) is 0. The number of nitrogens with one attached hydrogen (secondary N) is 1. The van der Waals surface area contributed by atoms with Crippen LogP contribution in [0.4, 0.5) is 5.95 Å². The van der Waals surface area contributed by atoms with E-state index in [0.29, 0.717) is 34.7 Å². The molecule has 0 atom stereocenters. The van der Waals surface area contributed by atoms with Crippen molar-refractivity contribution in [2.24, 2.45) is 0 Å². The van der Waals surface area contributed by atoms with Crippen LogP contribution >= 0.6 is 39.1 Å². The van der Waals surface area contributed by atoms with Crippen molar-refractivity contribution in [2.75, 3.05) is 17.8 Å². The molecule has 0 radical (unpaired) electrons. The number of nitrogens with two attached hydrogens (primary N) is 1. The number of aromatic nitrogens is 4. The van der Waals surface area contributed by atoms with Crippen molar-refractivity contribution in [2.45, 2.75) is 20.1 Å². The van der Waals surface area contributed by atoms with Crippen LogP contribution in [0, 0.1) is 0 Å². The number of halogens is 3. The van der Waals surface area contributed by atoms with Gasteiger partial charge in [0, 0.05) is 20.1 Å². The van der Waals surface area contributed by atoms with Crippen LogP contribution in [0.2, 0.25) is 10.0 Å². The molecule has 0 saturated heterocycles. The summed E-state index contributed by atoms with van der Waals surface area (Å²) in [6, 6.07) is 9.00. The van der Waals surface area contributed by atoms with Crippen molar-refractivity contribution in [3.63, 3.8) is 0 Å². The number of nitrogens with zero attached hydrogens (tertiary/aromatic N) is 4. The zero-order valence-corrected chi connectivity index (χ0v) is 17.9. The van der Waals surface area contributed by atoms with Gasteiger partial charge < -0.3 is 20.6 Å². The lowest BCUT2D eigenvalue weighted by Gasteiger charge is -2.16. The Bertz CT molecular complexity index is 969. The van der Waals surface area contributed by atoms with E-state index in [0.717, 1.165) is 15.6 Å². The normalized spacial score (nSPS) is 10.7. The highest BCUT2D eigenvalue weighted by Gasteiger charge is 2.13. The average molecular weight is 488 g/mol. The Morgan fingerprint density at radius 3 is 2.61 bits per heavy atom. The average Bonchev–Trinajstić information content (AvgIpc) is 3.06. The Balaban J connectivity index is 1.77. The summed E-state index contributed by atoms with van der Waals surface area (Å²) >= 11 is 15.7. The summed E-state index contributed by atoms with van der Waals surface area (Å²) in [5, 5.41) is 12.0. The second-order valence-electron chi connectivity index (χ2n) is 5.63. The van der Waals surface area contributed by atoms with Gasteiger partial charge in [0.1, 0.15) is 6.61 Å². The highest BCUT2D eigenvalue weighted by atomic mass is 79.9. The number of tetrazole rings is 1. The largest absolute Gasteiger partial charge is 0.490 e. The third kappa shape index (κ3) is 4.98. The van der Waals surface area contributed by atoms with Gasteiger partial charge in [-0.1, -0.05) is 50.3 Å². The topological polar surface area (TPSA) is 100 Å². The Kier molecular flexibility index (Phi) is 6.82. The molecule has 11 heteroatoms. The zero-order valence-electron chi connectivity index (χ0n) is 14.8. The monoisotopic (exact) mass is 486 g/mol. The predicted molar refractivity (Wildman–Crippen MR) is 111 cm³/mol. The summed E-state index contributed by atoms with van der Waals surface area (Å²) < 4.78 is 12.5. The van der Waals surface area contributed by atoms with Gasteiger partial charge in [0.15, 0.2) is 11.5 Å². The van der Waals surface area contributed by atoms with Gasteiger partial charge in [0.25, 0.3) is 5.95 Å². The first kappa shape index (κ1) is 20.5. The van der Waals surface area contributed by atoms with E-state index in [-0.39, 0.29) is 12.6 Å². The van der Waals surface area contributed by atoms with Gasteiger partial charge in [-0.3, -0.25) is 0 Å². The zero-order chi connectivity index (χ0) is 20.1. The van der Waals surface area contributed by atoms with Crippen molar-refractivity contribution in [1.29, 1.82) is 0 Å². The van der Waals surface area contributed by atoms with Crippen molar-refractivity contribution in [3.8, 4) is 11.5 Å². The van der Waals surface area contributed by atoms with E-state index >= 15 is 0 Å². The van der Waals surface area contributed by atoms with Crippen LogP contribution in [-0.2, 0) is 13.2 Å². The number of rotatable bonds is 8. The summed E-state index contributed by atoms with van der Waals surface area (Å²) in [7, 11) is 0. The number of anilines is 1. The summed E-state index contributed by atoms with van der Waals surface area (Å²) in [5.74, 6) is 1.36. The first-order valence-electron chi connectivity index (χ1n) is 8.27. The van der Waals surface area contributed by atoms with E-state index in [9.17, 15) is 0 Å². The Labute approximate surface area is 180 Å². The molecule has 0 aliphatic heterocycles. The molecule has 0 spiro atoms. The maximum Gasteiger partial charge on any atom is 0.260 e. The minimum Gasteiger partial charge on any atom is -0.490 e. The number of hydrogen-bond donors (Lipinski definition) is 2. The van der Waals surface area contributed by atoms with Gasteiger partial charge in [0.2, 0.25) is 0 Å². The SMILES string of the molecule is CCOc1cc(CNn2nnnc2N)c(Br)cc1OCc1ccc(Cl)cc1Cl. The fourth-order valence-electron chi connectivity index (χ4n) is 2.35. The van der Waals surface area contributed by atoms with E-state index in [1.165, 1.54) is 4.79 Å². The molecule has 0 amide bonds. The Morgan fingerprint density at radius 2 is 1.93 bits per heavy atom. The van der Waals surface area contributed by atoms with Gasteiger partial charge in [-0.2, -0.15) is 0 Å². The van der Waals surface area contributed by atoms with Crippen molar-refractivity contribution in [3.05, 3.63) is 56.0 Å². The molecule has 28 heavy (non-hydrogen) atoms. The van der Waals surface area contributed by atoms with Crippen LogP contribution in [0.1, 0.15) is 18.1 Å². The van der Waals surface area contributed by atoms with Gasteiger partial charge in [0.05, 0.1) is 13.2 Å². The second-order valence-corrected chi connectivity index (χ2v) is 7.33. The minimum atomic E-state index is 0.168. The Hall–Kier alpha value is -2.23. The predicted octanol–water partition coefficient (Wildman–Crippen LogP) is 4.05. The molecule has 0 fully saturated rings. The number of nitrogen functional groups attached to an aromatic ring is 1. The smallest absolute Gasteiger partial charge is 0.260 e. The molecule has 2 aromatic carbocycles. The molecule has 0 bridgehead atoms. The highest BCUT2D eigenvalue weighted by Crippen LogP contribution is 2.35. The fraction of sp³-hybridized carbons (Fsp3) is 0.235. The van der Waals surface area contributed by atoms with Crippen LogP contribution < -0.4 is 20.6 Å². The molecular formula is C17H17BrCl2N6O2. The van der Waals surface area contributed by atoms with Crippen LogP contribution in [-0.4, -0.2) is 26.9 Å². The van der Waals surface area contributed by atoms with Crippen molar-refractivity contribution >= 4 is 45.1 Å². The van der Waals surface area contributed by atoms with E-state index in [1.807, 2.05) is 25.1 Å². The molecule has 3 rings (SSSR count). The van der Waals surface area contributed by atoms with E-state index in [2.05, 4.69) is 36.9 Å². The number of benzene rings is 2. The maximum absolute atomic E-state index is 6.21. The first-order chi connectivity index (χ1) is 13.5. The van der Waals surface area contributed by atoms with Gasteiger partial charge in [-0.05, 0) is 47.2 Å². The molecular weight excluding hydrogens is 471 g/mol. The molecule has 0 aliphatic carbocycles. The second kappa shape index (κ2) is 9.31. The standard InChI is InChI=1S/C17H17BrCl2N6O2/c1-2-27-15-5-11(8-22-26-17(21)23-24-25-26)13(18)7-16(15)28-9-10-3-4-12(19)6-14(10)20/h3-7,22H,2,8-9H2,1H3,(H2,21,23,25). The molecule has 1 heterocycles. The van der Waals surface area contributed by atoms with Gasteiger partial charge in [-0.15, -0.1) is 4.79 Å². The summed E-state index contributed by atoms with van der Waals surface area (Å²) in [5.41, 5.74) is 10.4. The van der Waals surface area contributed by atoms with Crippen LogP contribution in [0.25, 0.3) is 0 Å². The van der Waals surface area contributed by atoms with E-state index in [1.54, 1.807) is 12.1 Å². The molecule has 0 aliphatic rings. The summed E-state index contributed by atoms with van der Waals surface area (Å²) in [4.78, 5) is 1.29. The molecule has 0 saturated carbocycles. The van der Waals surface area contributed by atoms with Gasteiger partial charge in [-0.25, -0.2) is 0 Å². The lowest BCUT2D eigenvalue weighted by Crippen LogP contribution is -2.18. The van der Waals surface area contributed by atoms with Gasteiger partial charge >= 0.3 is 0 Å². The number of ether oxygens (including phenoxy) is 2. The minimum absolute atomic E-state index is 0.168. The van der Waals surface area contributed by atoms with E-state index in [4.69, 9.17) is 38.4 Å². The molecule has 8 nitrogen and oxygen atoms in total. The molecule has 0 unspecified atom stereocenters. The van der Waals surface area contributed by atoms with Crippen LogP contribution in [0.15, 0.2) is 34.8 Å². The third-order valence-corrected chi connectivity index (χ3v) is 5.05.